The van der Waals surface area contributed by atoms with Crippen LogP contribution < -0.4 is 4.90 Å². The molecule has 0 spiro atoms. The van der Waals surface area contributed by atoms with Gasteiger partial charge in [-0.3, -0.25) is 4.79 Å². The average Bonchev–Trinajstić information content (AvgIpc) is 3.59. The van der Waals surface area contributed by atoms with Gasteiger partial charge in [-0.1, -0.05) is 48.5 Å². The highest BCUT2D eigenvalue weighted by Gasteiger charge is 2.32. The lowest BCUT2D eigenvalue weighted by Crippen LogP contribution is -2.39. The molecule has 2 aliphatic heterocycles. The molecular formula is C30H30N6O. The standard InChI is InChI=1S/C30H30N6O/c1-21-19-36-28(32-29(21)34-16-14-22(18-31)20-34)17-26(33-36)27-13-7-8-15-35(27)30(37)25-12-6-5-11-24(25)23-9-3-2-4-10-23/h2-6,9-12,17,19,22,27H,7-8,13-16,20H2,1H3/t22-,27+/m1/s1. The van der Waals surface area contributed by atoms with Crippen LogP contribution in [0.25, 0.3) is 16.8 Å². The fraction of sp³-hybridized carbons (Fsp3) is 0.333. The Hall–Kier alpha value is -4.18. The second-order valence-electron chi connectivity index (χ2n) is 10.1. The first-order chi connectivity index (χ1) is 18.1. The number of aryl methyl sites for hydroxylation is 1. The Kier molecular flexibility index (Phi) is 6.09. The summed E-state index contributed by atoms with van der Waals surface area (Å²) in [7, 11) is 0. The zero-order valence-corrected chi connectivity index (χ0v) is 21.0. The lowest BCUT2D eigenvalue weighted by atomic mass is 9.95. The number of anilines is 1. The van der Waals surface area contributed by atoms with Gasteiger partial charge >= 0.3 is 0 Å². The molecule has 4 heterocycles. The number of carbonyl (C=O) groups excluding carboxylic acids is 1. The first-order valence-corrected chi connectivity index (χ1v) is 13.1. The number of nitrogens with zero attached hydrogens (tertiary/aromatic N) is 6. The van der Waals surface area contributed by atoms with E-state index in [4.69, 9.17) is 10.1 Å². The molecule has 0 saturated carbocycles. The number of fused-ring (bicyclic) bond motifs is 1. The van der Waals surface area contributed by atoms with Gasteiger partial charge in [0.25, 0.3) is 5.91 Å². The van der Waals surface area contributed by atoms with Crippen molar-refractivity contribution in [1.29, 1.82) is 5.26 Å². The van der Waals surface area contributed by atoms with E-state index in [-0.39, 0.29) is 17.9 Å². The van der Waals surface area contributed by atoms with Gasteiger partial charge in [0.1, 0.15) is 5.82 Å². The van der Waals surface area contributed by atoms with E-state index < -0.39 is 0 Å². The van der Waals surface area contributed by atoms with Crippen LogP contribution in [0.4, 0.5) is 5.82 Å². The Morgan fingerprint density at radius 3 is 2.65 bits per heavy atom. The van der Waals surface area contributed by atoms with Gasteiger partial charge in [-0.2, -0.15) is 10.4 Å². The van der Waals surface area contributed by atoms with Crippen molar-refractivity contribution in [3.8, 4) is 17.2 Å². The number of amides is 1. The molecule has 37 heavy (non-hydrogen) atoms. The lowest BCUT2D eigenvalue weighted by Gasteiger charge is -2.35. The quantitative estimate of drug-likeness (QED) is 0.382. The summed E-state index contributed by atoms with van der Waals surface area (Å²) in [4.78, 5) is 23.1. The van der Waals surface area contributed by atoms with Gasteiger partial charge in [0.15, 0.2) is 5.65 Å². The Morgan fingerprint density at radius 2 is 1.84 bits per heavy atom. The van der Waals surface area contributed by atoms with Gasteiger partial charge in [-0.15, -0.1) is 0 Å². The molecule has 0 unspecified atom stereocenters. The minimum atomic E-state index is -0.0923. The first-order valence-electron chi connectivity index (χ1n) is 13.1. The molecule has 2 saturated heterocycles. The molecule has 0 bridgehead atoms. The molecule has 7 heteroatoms. The summed E-state index contributed by atoms with van der Waals surface area (Å²) in [6.45, 7) is 4.31. The maximum Gasteiger partial charge on any atom is 0.255 e. The zero-order valence-electron chi connectivity index (χ0n) is 21.0. The van der Waals surface area contributed by atoms with Crippen molar-refractivity contribution in [2.75, 3.05) is 24.5 Å². The number of carbonyl (C=O) groups is 1. The smallest absolute Gasteiger partial charge is 0.255 e. The van der Waals surface area contributed by atoms with E-state index in [9.17, 15) is 10.1 Å². The summed E-state index contributed by atoms with van der Waals surface area (Å²) >= 11 is 0. The molecule has 2 atom stereocenters. The molecular weight excluding hydrogens is 460 g/mol. The third-order valence-electron chi connectivity index (χ3n) is 7.64. The van der Waals surface area contributed by atoms with E-state index in [1.807, 2.05) is 83.2 Å². The zero-order chi connectivity index (χ0) is 25.4. The number of benzene rings is 2. The number of hydrogen-bond donors (Lipinski definition) is 0. The molecule has 4 aromatic rings. The third-order valence-corrected chi connectivity index (χ3v) is 7.64. The number of nitriles is 1. The van der Waals surface area contributed by atoms with Gasteiger partial charge in [0, 0.05) is 43.0 Å². The minimum absolute atomic E-state index is 0.0469. The second kappa shape index (κ2) is 9.70. The van der Waals surface area contributed by atoms with Gasteiger partial charge in [-0.25, -0.2) is 9.50 Å². The van der Waals surface area contributed by atoms with E-state index in [0.29, 0.717) is 13.1 Å². The minimum Gasteiger partial charge on any atom is -0.355 e. The molecule has 2 aromatic carbocycles. The highest BCUT2D eigenvalue weighted by Crippen LogP contribution is 2.34. The maximum atomic E-state index is 14.0. The van der Waals surface area contributed by atoms with Crippen molar-refractivity contribution in [1.82, 2.24) is 19.5 Å². The Bertz CT molecular complexity index is 1490. The Labute approximate surface area is 217 Å². The van der Waals surface area contributed by atoms with Crippen LogP contribution in [-0.2, 0) is 0 Å². The van der Waals surface area contributed by atoms with E-state index in [0.717, 1.165) is 71.6 Å². The van der Waals surface area contributed by atoms with Crippen molar-refractivity contribution in [2.45, 2.75) is 38.6 Å². The van der Waals surface area contributed by atoms with Crippen LogP contribution in [0.3, 0.4) is 0 Å². The van der Waals surface area contributed by atoms with Crippen LogP contribution in [0.1, 0.15) is 53.3 Å². The van der Waals surface area contributed by atoms with Crippen molar-refractivity contribution in [3.63, 3.8) is 0 Å². The summed E-state index contributed by atoms with van der Waals surface area (Å²) < 4.78 is 1.83. The van der Waals surface area contributed by atoms with Crippen LogP contribution in [0.5, 0.6) is 0 Å². The van der Waals surface area contributed by atoms with E-state index in [2.05, 4.69) is 11.0 Å². The molecule has 2 aliphatic rings. The Morgan fingerprint density at radius 1 is 1.03 bits per heavy atom. The summed E-state index contributed by atoms with van der Waals surface area (Å²) in [6, 6.07) is 22.3. The third kappa shape index (κ3) is 4.33. The van der Waals surface area contributed by atoms with Crippen LogP contribution in [0.15, 0.2) is 66.9 Å². The largest absolute Gasteiger partial charge is 0.355 e. The molecule has 0 aliphatic carbocycles. The topological polar surface area (TPSA) is 77.5 Å². The molecule has 1 amide bonds. The van der Waals surface area contributed by atoms with Gasteiger partial charge in [0.05, 0.1) is 23.7 Å². The SMILES string of the molecule is Cc1cn2nc([C@@H]3CCCCN3C(=O)c3ccccc3-c3ccccc3)cc2nc1N1CC[C@H](C#N)C1. The molecule has 7 nitrogen and oxygen atoms in total. The average molecular weight is 491 g/mol. The van der Waals surface area contributed by atoms with Crippen molar-refractivity contribution < 1.29 is 4.79 Å². The normalized spacial score (nSPS) is 19.8. The summed E-state index contributed by atoms with van der Waals surface area (Å²) in [6.07, 6.45) is 5.81. The maximum absolute atomic E-state index is 14.0. The fourth-order valence-corrected chi connectivity index (χ4v) is 5.74. The fourth-order valence-electron chi connectivity index (χ4n) is 5.74. The summed E-state index contributed by atoms with van der Waals surface area (Å²) in [5, 5.41) is 14.2. The van der Waals surface area contributed by atoms with Crippen LogP contribution in [0, 0.1) is 24.2 Å². The number of hydrogen-bond acceptors (Lipinski definition) is 5. The molecule has 6 rings (SSSR count). The monoisotopic (exact) mass is 490 g/mol. The Balaban J connectivity index is 1.33. The van der Waals surface area contributed by atoms with E-state index in [1.165, 1.54) is 0 Å². The number of rotatable bonds is 4. The molecule has 0 N–H and O–H groups in total. The van der Waals surface area contributed by atoms with E-state index >= 15 is 0 Å². The number of likely N-dealkylation sites (tertiary alicyclic amines) is 1. The molecule has 0 radical (unpaired) electrons. The van der Waals surface area contributed by atoms with Gasteiger partial charge in [0.2, 0.25) is 0 Å². The lowest BCUT2D eigenvalue weighted by molar-refractivity contribution is 0.0606. The first kappa shape index (κ1) is 23.2. The number of piperidine rings is 1. The molecule has 2 fully saturated rings. The highest BCUT2D eigenvalue weighted by atomic mass is 16.2. The van der Waals surface area contributed by atoms with Crippen LogP contribution in [-0.4, -0.2) is 45.0 Å². The van der Waals surface area contributed by atoms with Crippen molar-refractivity contribution in [2.24, 2.45) is 5.92 Å². The van der Waals surface area contributed by atoms with Gasteiger partial charge < -0.3 is 9.80 Å². The highest BCUT2D eigenvalue weighted by molar-refractivity contribution is 6.01. The van der Waals surface area contributed by atoms with E-state index in [1.54, 1.807) is 0 Å². The summed E-state index contributed by atoms with van der Waals surface area (Å²) in [5.41, 5.74) is 5.41. The summed E-state index contributed by atoms with van der Waals surface area (Å²) in [5.74, 6) is 1.02. The number of aromatic nitrogens is 3. The van der Waals surface area contributed by atoms with Crippen molar-refractivity contribution in [3.05, 3.63) is 83.7 Å². The molecule has 2 aromatic heterocycles. The molecule has 186 valence electrons. The van der Waals surface area contributed by atoms with Crippen molar-refractivity contribution >= 4 is 17.4 Å². The predicted molar refractivity (Wildman–Crippen MR) is 143 cm³/mol. The predicted octanol–water partition coefficient (Wildman–Crippen LogP) is 5.42. The van der Waals surface area contributed by atoms with Crippen LogP contribution in [0.2, 0.25) is 0 Å². The second-order valence-corrected chi connectivity index (χ2v) is 10.1. The van der Waals surface area contributed by atoms with Crippen LogP contribution >= 0.6 is 0 Å². The van der Waals surface area contributed by atoms with Gasteiger partial charge in [-0.05, 0) is 49.8 Å².